The van der Waals surface area contributed by atoms with Crippen LogP contribution >= 0.6 is 0 Å². The highest BCUT2D eigenvalue weighted by atomic mass is 19.1. The van der Waals surface area contributed by atoms with Crippen LogP contribution in [0.1, 0.15) is 53.0 Å². The molecule has 2 heterocycles. The second kappa shape index (κ2) is 10.8. The number of fused-ring (bicyclic) bond motifs is 3. The van der Waals surface area contributed by atoms with E-state index in [-0.39, 0.29) is 28.9 Å². The van der Waals surface area contributed by atoms with Crippen molar-refractivity contribution >= 4 is 22.5 Å². The molecule has 2 aromatic carbocycles. The molecule has 1 unspecified atom stereocenters. The number of benzene rings is 2. The molecule has 0 spiro atoms. The van der Waals surface area contributed by atoms with Crippen molar-refractivity contribution < 1.29 is 9.60 Å². The van der Waals surface area contributed by atoms with Crippen molar-refractivity contribution in [2.45, 2.75) is 72.5 Å². The lowest BCUT2D eigenvalue weighted by molar-refractivity contribution is -0.152. The fourth-order valence-electron chi connectivity index (χ4n) is 7.61. The number of aryl methyl sites for hydroxylation is 2. The monoisotopic (exact) mass is 574 g/mol. The Labute approximate surface area is 247 Å². The van der Waals surface area contributed by atoms with Gasteiger partial charge in [-0.1, -0.05) is 39.8 Å². The number of aliphatic imine (C=N–C) groups is 1. The molecule has 2 bridgehead atoms. The second-order valence-electron chi connectivity index (χ2n) is 13.8. The third kappa shape index (κ3) is 5.22. The lowest BCUT2D eigenvalue weighted by atomic mass is 9.40. The zero-order valence-electron chi connectivity index (χ0n) is 25.3. The van der Waals surface area contributed by atoms with Gasteiger partial charge in [0.2, 0.25) is 0 Å². The fourth-order valence-corrected chi connectivity index (χ4v) is 7.61. The average molecular weight is 575 g/mol. The number of anilines is 1. The van der Waals surface area contributed by atoms with E-state index in [1.165, 1.54) is 23.6 Å². The zero-order valence-corrected chi connectivity index (χ0v) is 25.3. The van der Waals surface area contributed by atoms with Gasteiger partial charge >= 0.3 is 0 Å². The third-order valence-corrected chi connectivity index (χ3v) is 10.5. The van der Waals surface area contributed by atoms with E-state index in [4.69, 9.17) is 4.99 Å². The van der Waals surface area contributed by atoms with Crippen LogP contribution in [0.3, 0.4) is 0 Å². The molecule has 3 aromatic rings. The minimum absolute atomic E-state index is 0.0101. The summed E-state index contributed by atoms with van der Waals surface area (Å²) < 4.78 is 14.9. The number of piperazine rings is 1. The Morgan fingerprint density at radius 3 is 2.55 bits per heavy atom. The molecule has 224 valence electrons. The number of nitrogens with one attached hydrogen (secondary N) is 1. The van der Waals surface area contributed by atoms with E-state index >= 15 is 0 Å². The van der Waals surface area contributed by atoms with Gasteiger partial charge in [-0.2, -0.15) is 5.06 Å². The van der Waals surface area contributed by atoms with Crippen LogP contribution in [0.25, 0.3) is 10.9 Å². The van der Waals surface area contributed by atoms with Crippen molar-refractivity contribution in [2.24, 2.45) is 27.7 Å². The Hall–Kier alpha value is -3.30. The Bertz CT molecular complexity index is 1550. The molecule has 3 aliphatic carbocycles. The largest absolute Gasteiger partial charge is 0.340 e. The number of halogens is 1. The van der Waals surface area contributed by atoms with Gasteiger partial charge in [-0.15, -0.1) is 0 Å². The average Bonchev–Trinajstić information content (AvgIpc) is 2.95. The number of nitrogens with zero attached hydrogens (tertiary/aromatic N) is 5. The van der Waals surface area contributed by atoms with Crippen molar-refractivity contribution in [3.05, 3.63) is 70.5 Å². The van der Waals surface area contributed by atoms with E-state index in [1.807, 2.05) is 25.1 Å². The van der Waals surface area contributed by atoms with Gasteiger partial charge in [-0.05, 0) is 84.7 Å². The van der Waals surface area contributed by atoms with Crippen molar-refractivity contribution in [2.75, 3.05) is 25.0 Å². The highest BCUT2D eigenvalue weighted by Crippen LogP contribution is 2.66. The predicted octanol–water partition coefficient (Wildman–Crippen LogP) is 5.40. The summed E-state index contributed by atoms with van der Waals surface area (Å²) in [6, 6.07) is 12.2. The van der Waals surface area contributed by atoms with Gasteiger partial charge in [0.05, 0.1) is 23.3 Å². The lowest BCUT2D eigenvalue weighted by Crippen LogP contribution is -2.61. The van der Waals surface area contributed by atoms with Gasteiger partial charge in [-0.3, -0.25) is 9.36 Å². The van der Waals surface area contributed by atoms with Gasteiger partial charge in [0.25, 0.3) is 5.56 Å². The molecule has 7 rings (SSSR count). The van der Waals surface area contributed by atoms with E-state index in [0.717, 1.165) is 23.6 Å². The molecule has 0 radical (unpaired) electrons. The summed E-state index contributed by atoms with van der Waals surface area (Å²) in [6.45, 7) is 13.9. The van der Waals surface area contributed by atoms with E-state index in [1.54, 1.807) is 23.0 Å². The van der Waals surface area contributed by atoms with Crippen molar-refractivity contribution in [1.29, 1.82) is 0 Å². The first-order chi connectivity index (χ1) is 19.9. The number of guanidine groups is 1. The minimum Gasteiger partial charge on any atom is -0.340 e. The van der Waals surface area contributed by atoms with Crippen LogP contribution in [0.5, 0.6) is 0 Å². The molecular formula is C33H43FN6O2. The quantitative estimate of drug-likeness (QED) is 0.314. The molecule has 3 saturated carbocycles. The van der Waals surface area contributed by atoms with Crippen LogP contribution in [0.15, 0.2) is 58.6 Å². The van der Waals surface area contributed by atoms with Gasteiger partial charge < -0.3 is 15.4 Å². The highest BCUT2D eigenvalue weighted by molar-refractivity contribution is 5.96. The van der Waals surface area contributed by atoms with E-state index in [0.29, 0.717) is 60.8 Å². The summed E-state index contributed by atoms with van der Waals surface area (Å²) in [5.74, 6) is 1.88. The first-order valence-corrected chi connectivity index (χ1v) is 15.2. The standard InChI is InChI=1S/C33H43FN6O2/c1-21-19-38(14-15-40(21)42)31(37-29-17-23-16-28(32(23,2)3)33(29,4)5)36-25-10-11-26-27(18-25)35-20-39(30(26)41)13-12-22-6-8-24(34)9-7-22/h6-11,18,20-21,23,28-29,42H,12-17,19H2,1-5H3,(H,36,37)/t21-,23+,28-,29?/m0/s1. The maximum atomic E-state index is 13.3. The molecule has 9 heteroatoms. The van der Waals surface area contributed by atoms with Crippen molar-refractivity contribution in [3.63, 3.8) is 0 Å². The van der Waals surface area contributed by atoms with E-state index in [2.05, 4.69) is 42.9 Å². The first kappa shape index (κ1) is 28.8. The number of hydrogen-bond donors (Lipinski definition) is 2. The van der Waals surface area contributed by atoms with Crippen LogP contribution < -0.4 is 10.9 Å². The van der Waals surface area contributed by atoms with Gasteiger partial charge in [0.15, 0.2) is 5.96 Å². The Morgan fingerprint density at radius 1 is 1.10 bits per heavy atom. The van der Waals surface area contributed by atoms with Crippen LogP contribution in [0.2, 0.25) is 0 Å². The predicted molar refractivity (Wildman–Crippen MR) is 164 cm³/mol. The molecule has 1 aromatic heterocycles. The summed E-state index contributed by atoms with van der Waals surface area (Å²) >= 11 is 0. The Balaban J connectivity index is 1.26. The van der Waals surface area contributed by atoms with Crippen molar-refractivity contribution in [1.82, 2.24) is 19.5 Å². The Morgan fingerprint density at radius 2 is 1.86 bits per heavy atom. The maximum Gasteiger partial charge on any atom is 0.261 e. The normalized spacial score (nSPS) is 27.1. The number of rotatable bonds is 5. The van der Waals surface area contributed by atoms with Crippen molar-refractivity contribution in [3.8, 4) is 0 Å². The molecule has 8 nitrogen and oxygen atoms in total. The molecule has 42 heavy (non-hydrogen) atoms. The summed E-state index contributed by atoms with van der Waals surface area (Å²) in [6.07, 6.45) is 4.57. The van der Waals surface area contributed by atoms with E-state index in [9.17, 15) is 14.4 Å². The van der Waals surface area contributed by atoms with E-state index < -0.39 is 0 Å². The van der Waals surface area contributed by atoms with Gasteiger partial charge in [0.1, 0.15) is 5.82 Å². The lowest BCUT2D eigenvalue weighted by Gasteiger charge is -2.65. The molecule has 4 fully saturated rings. The summed E-state index contributed by atoms with van der Waals surface area (Å²) in [7, 11) is 0. The molecule has 1 aliphatic heterocycles. The number of hydroxylamine groups is 2. The number of aromatic nitrogens is 2. The molecular weight excluding hydrogens is 531 g/mol. The number of hydrogen-bond acceptors (Lipinski definition) is 5. The van der Waals surface area contributed by atoms with Gasteiger partial charge in [0, 0.05) is 37.9 Å². The van der Waals surface area contributed by atoms with Gasteiger partial charge in [-0.25, -0.2) is 14.4 Å². The van der Waals surface area contributed by atoms with Crippen LogP contribution in [-0.2, 0) is 13.0 Å². The zero-order chi connectivity index (χ0) is 29.8. The topological polar surface area (TPSA) is 86.0 Å². The second-order valence-corrected chi connectivity index (χ2v) is 13.8. The first-order valence-electron chi connectivity index (χ1n) is 15.2. The Kier molecular flexibility index (Phi) is 7.38. The molecule has 0 amide bonds. The molecule has 2 N–H and O–H groups in total. The fraction of sp³-hybridized carbons (Fsp3) is 0.545. The summed E-state index contributed by atoms with van der Waals surface area (Å²) in [5, 5.41) is 15.8. The molecule has 4 atom stereocenters. The SMILES string of the molecule is C[C@H]1CN(C(=NC2C[C@H]3C[C@H](C2(C)C)C3(C)C)Nc2ccc3c(=O)n(CCc4ccc(F)cc4)cnc3c2)CCN1O. The van der Waals surface area contributed by atoms with Crippen LogP contribution in [-0.4, -0.2) is 62.4 Å². The third-order valence-electron chi connectivity index (χ3n) is 10.5. The van der Waals surface area contributed by atoms with Crippen LogP contribution in [0.4, 0.5) is 10.1 Å². The minimum atomic E-state index is -0.269. The highest BCUT2D eigenvalue weighted by Gasteiger charge is 2.61. The molecule has 4 aliphatic rings. The maximum absolute atomic E-state index is 13.3. The summed E-state index contributed by atoms with van der Waals surface area (Å²) in [4.78, 5) is 25.5. The smallest absolute Gasteiger partial charge is 0.261 e. The summed E-state index contributed by atoms with van der Waals surface area (Å²) in [5.41, 5.74) is 2.76. The molecule has 1 saturated heterocycles. The van der Waals surface area contributed by atoms with Crippen LogP contribution in [0, 0.1) is 28.5 Å².